The molecule has 0 saturated carbocycles. The summed E-state index contributed by atoms with van der Waals surface area (Å²) in [4.78, 5) is 87.7. The molecule has 2 aromatic heterocycles. The van der Waals surface area contributed by atoms with Crippen molar-refractivity contribution < 1.29 is 85.6 Å². The molecule has 25 nitrogen and oxygen atoms in total. The van der Waals surface area contributed by atoms with Crippen molar-refractivity contribution in [1.82, 2.24) is 30.2 Å². The average Bonchev–Trinajstić information content (AvgIpc) is 3.64. The van der Waals surface area contributed by atoms with Gasteiger partial charge in [-0.05, 0) is 13.3 Å². The number of phosphoric acid groups is 3. The van der Waals surface area contributed by atoms with Gasteiger partial charge in [-0.25, -0.2) is 28.6 Å². The molecule has 1 aliphatic heterocycles. The first kappa shape index (κ1) is 48.6. The summed E-state index contributed by atoms with van der Waals surface area (Å²) < 4.78 is 62.6. The Labute approximate surface area is 329 Å². The van der Waals surface area contributed by atoms with Crippen LogP contribution in [0.25, 0.3) is 11.2 Å². The predicted octanol–water partition coefficient (Wildman–Crippen LogP) is -0.834. The minimum Gasteiger partial charge on any atom is -0.392 e. The van der Waals surface area contributed by atoms with Gasteiger partial charge in [0.2, 0.25) is 11.8 Å². The van der Waals surface area contributed by atoms with E-state index in [1.165, 1.54) is 26.8 Å². The van der Waals surface area contributed by atoms with Gasteiger partial charge in [-0.2, -0.15) is 4.31 Å². The second-order valence-electron chi connectivity index (χ2n) is 13.2. The Kier molecular flexibility index (Phi) is 17.1. The van der Waals surface area contributed by atoms with E-state index in [0.29, 0.717) is 0 Å². The number of aromatic nitrogens is 4. The Hall–Kier alpha value is -2.74. The molecule has 57 heavy (non-hydrogen) atoms. The van der Waals surface area contributed by atoms with Gasteiger partial charge in [0, 0.05) is 37.1 Å². The Morgan fingerprint density at radius 1 is 1.11 bits per heavy atom. The highest BCUT2D eigenvalue weighted by molar-refractivity contribution is 8.13. The van der Waals surface area contributed by atoms with E-state index in [-0.39, 0.29) is 60.2 Å². The van der Waals surface area contributed by atoms with Crippen LogP contribution in [0.2, 0.25) is 0 Å². The third kappa shape index (κ3) is 14.2. The molecule has 29 heteroatoms. The van der Waals surface area contributed by atoms with Crippen LogP contribution in [0.4, 0.5) is 5.82 Å². The van der Waals surface area contributed by atoms with E-state index in [1.54, 1.807) is 0 Å². The molecule has 3 heterocycles. The predicted molar refractivity (Wildman–Crippen MR) is 197 cm³/mol. The van der Waals surface area contributed by atoms with E-state index >= 15 is 0 Å². The summed E-state index contributed by atoms with van der Waals surface area (Å²) >= 11 is 0.930. The Balaban J connectivity index is 1.51. The number of aliphatic hydroxyl groups is 3. The van der Waals surface area contributed by atoms with Gasteiger partial charge < -0.3 is 56.0 Å². The molecule has 322 valence electrons. The number of amides is 2. The molecule has 1 saturated heterocycles. The summed E-state index contributed by atoms with van der Waals surface area (Å²) in [5, 5.41) is 35.9. The van der Waals surface area contributed by atoms with Gasteiger partial charge in [-0.1, -0.05) is 31.7 Å². The summed E-state index contributed by atoms with van der Waals surface area (Å²) in [6.45, 7) is 5.02. The number of carbonyl (C=O) groups excluding carboxylic acids is 3. The van der Waals surface area contributed by atoms with Crippen molar-refractivity contribution in [2.24, 2.45) is 5.41 Å². The second-order valence-corrected chi connectivity index (χ2v) is 18.6. The molecule has 1 aliphatic rings. The molecule has 3 rings (SSSR count). The lowest BCUT2D eigenvalue weighted by Gasteiger charge is -2.30. The molecule has 0 radical (unpaired) electrons. The largest absolute Gasteiger partial charge is 0.481 e. The van der Waals surface area contributed by atoms with Gasteiger partial charge in [0.15, 0.2) is 22.3 Å². The fourth-order valence-electron chi connectivity index (χ4n) is 5.13. The van der Waals surface area contributed by atoms with E-state index in [1.807, 2.05) is 0 Å². The number of nitrogen functional groups attached to an aromatic ring is 1. The topological polar surface area (TPSA) is 384 Å². The van der Waals surface area contributed by atoms with E-state index in [9.17, 15) is 63.0 Å². The maximum Gasteiger partial charge on any atom is 0.481 e. The molecule has 11 N–H and O–H groups in total. The van der Waals surface area contributed by atoms with Crippen molar-refractivity contribution in [3.8, 4) is 0 Å². The van der Waals surface area contributed by atoms with E-state index in [4.69, 9.17) is 24.0 Å². The molecule has 0 aromatic carbocycles. The lowest BCUT2D eigenvalue weighted by molar-refractivity contribution is -0.137. The third-order valence-corrected chi connectivity index (χ3v) is 12.1. The Morgan fingerprint density at radius 2 is 1.77 bits per heavy atom. The molecule has 8 unspecified atom stereocenters. The smallest absolute Gasteiger partial charge is 0.392 e. The van der Waals surface area contributed by atoms with E-state index in [2.05, 4.69) is 36.5 Å². The Bertz CT molecular complexity index is 1900. The number of ether oxygens (including phenoxy) is 1. The van der Waals surface area contributed by atoms with Crippen LogP contribution in [0.3, 0.4) is 0 Å². The molecule has 0 spiro atoms. The van der Waals surface area contributed by atoms with Crippen LogP contribution in [0.5, 0.6) is 0 Å². The number of rotatable bonds is 23. The molecule has 2 amide bonds. The van der Waals surface area contributed by atoms with Crippen molar-refractivity contribution in [2.75, 3.05) is 37.8 Å². The first-order chi connectivity index (χ1) is 26.3. The highest BCUT2D eigenvalue weighted by Gasteiger charge is 2.57. The Morgan fingerprint density at radius 3 is 2.42 bits per heavy atom. The van der Waals surface area contributed by atoms with Crippen LogP contribution >= 0.6 is 35.2 Å². The summed E-state index contributed by atoms with van der Waals surface area (Å²) in [5.41, 5.74) is 2.26. The van der Waals surface area contributed by atoms with Crippen molar-refractivity contribution in [2.45, 2.75) is 76.3 Å². The quantitative estimate of drug-likeness (QED) is 0.0369. The van der Waals surface area contributed by atoms with Gasteiger partial charge in [-0.15, -0.1) is 6.58 Å². The number of thioether (sulfide) groups is 1. The van der Waals surface area contributed by atoms with Crippen LogP contribution < -0.4 is 16.4 Å². The van der Waals surface area contributed by atoms with E-state index < -0.39 is 90.2 Å². The van der Waals surface area contributed by atoms with Crippen LogP contribution in [0, 0.1) is 5.41 Å². The maximum atomic E-state index is 12.7. The summed E-state index contributed by atoms with van der Waals surface area (Å²) in [5.74, 6) is -1.30. The molecular weight excluding hydrogens is 847 g/mol. The number of anilines is 1. The zero-order chi connectivity index (χ0) is 43.0. The number of hydrogen-bond donors (Lipinski definition) is 10. The zero-order valence-electron chi connectivity index (χ0n) is 30.7. The van der Waals surface area contributed by atoms with Gasteiger partial charge in [0.05, 0.1) is 25.6 Å². The minimum atomic E-state index is -5.60. The number of phosphoric ester groups is 3. The molecule has 2 aromatic rings. The number of aliphatic hydroxyl groups excluding tert-OH is 3. The summed E-state index contributed by atoms with van der Waals surface area (Å²) in [6.07, 6.45) is -4.73. The van der Waals surface area contributed by atoms with Crippen molar-refractivity contribution in [3.63, 3.8) is 0 Å². The van der Waals surface area contributed by atoms with Gasteiger partial charge in [0.25, 0.3) is 0 Å². The van der Waals surface area contributed by atoms with Crippen molar-refractivity contribution in [1.29, 1.82) is 0 Å². The fraction of sp³-hybridized carbons (Fsp3) is 0.643. The van der Waals surface area contributed by atoms with Crippen LogP contribution in [-0.2, 0) is 56.4 Å². The average molecular weight is 894 g/mol. The standard InChI is InChI=1S/C28H46N7O18P3S/c1-5-6-16(36)11-19(38)57-10-9-30-18(37)7-8-31-26(41)23(40)27(2,3)13-50-56(47,48)53-55(45,46)49-12-17-21(52-54(42,43)44)22(39)28(4,51-17)35-15-34-20-24(29)32-14-33-25(20)35/h5,14-17,21-23,36,39-40H,1,6-13H2,2-4H3,(H,30,37)(H,31,41)(H,45,46)(H,47,48)(H2,29,32,33)(H2,42,43,44). The highest BCUT2D eigenvalue weighted by Crippen LogP contribution is 2.61. The zero-order valence-corrected chi connectivity index (χ0v) is 34.2. The number of nitrogens with one attached hydrogen (secondary N) is 2. The molecule has 0 bridgehead atoms. The lowest BCUT2D eigenvalue weighted by atomic mass is 9.87. The fourth-order valence-corrected chi connectivity index (χ4v) is 8.70. The molecule has 0 aliphatic carbocycles. The number of nitrogens with two attached hydrogens (primary N) is 1. The SMILES string of the molecule is C=CCC(O)CC(=O)SCCNC(=O)CCNC(=O)C(O)C(C)(C)COP(=O)(O)OP(=O)(O)OCC1OC(C)(n2cnc3c(N)ncnc32)C(O)C1OP(=O)(O)O. The first-order valence-electron chi connectivity index (χ1n) is 16.7. The molecule has 1 fully saturated rings. The van der Waals surface area contributed by atoms with Crippen LogP contribution in [-0.4, -0.2) is 134 Å². The summed E-state index contributed by atoms with van der Waals surface area (Å²) in [7, 11) is -16.5. The highest BCUT2D eigenvalue weighted by atomic mass is 32.2. The number of fused-ring (bicyclic) bond motifs is 1. The normalized spacial score (nSPS) is 23.3. The second kappa shape index (κ2) is 20.0. The van der Waals surface area contributed by atoms with Crippen molar-refractivity contribution >= 4 is 69.1 Å². The van der Waals surface area contributed by atoms with Crippen LogP contribution in [0.15, 0.2) is 25.3 Å². The minimum absolute atomic E-state index is 0.0130. The number of hydrogen-bond acceptors (Lipinski definition) is 19. The van der Waals surface area contributed by atoms with Crippen LogP contribution in [0.1, 0.15) is 40.0 Å². The monoisotopic (exact) mass is 893 g/mol. The summed E-state index contributed by atoms with van der Waals surface area (Å²) in [6, 6.07) is 0. The van der Waals surface area contributed by atoms with Crippen molar-refractivity contribution in [3.05, 3.63) is 25.3 Å². The lowest BCUT2D eigenvalue weighted by Crippen LogP contribution is -2.46. The van der Waals surface area contributed by atoms with Gasteiger partial charge >= 0.3 is 23.5 Å². The molecule has 8 atom stereocenters. The van der Waals surface area contributed by atoms with E-state index in [0.717, 1.165) is 29.0 Å². The number of carbonyl (C=O) groups is 3. The molecular formula is C28H46N7O18P3S. The third-order valence-electron chi connectivity index (χ3n) is 8.09. The number of imidazole rings is 1. The van der Waals surface area contributed by atoms with Gasteiger partial charge in [-0.3, -0.25) is 32.5 Å². The number of nitrogens with zero attached hydrogens (tertiary/aromatic N) is 4. The first-order valence-corrected chi connectivity index (χ1v) is 22.2. The van der Waals surface area contributed by atoms with Gasteiger partial charge in [0.1, 0.15) is 36.3 Å². The maximum absolute atomic E-state index is 12.7.